The monoisotopic (exact) mass is 323 g/mol. The average Bonchev–Trinajstić information content (AvgIpc) is 2.42. The van der Waals surface area contributed by atoms with Gasteiger partial charge in [0, 0.05) is 16.9 Å². The smallest absolute Gasteiger partial charge is 0.145 e. The summed E-state index contributed by atoms with van der Waals surface area (Å²) >= 11 is 3.26. The van der Waals surface area contributed by atoms with Gasteiger partial charge in [-0.05, 0) is 36.7 Å². The van der Waals surface area contributed by atoms with E-state index in [0.29, 0.717) is 17.8 Å². The highest BCUT2D eigenvalue weighted by Crippen LogP contribution is 2.20. The van der Waals surface area contributed by atoms with Crippen molar-refractivity contribution in [3.8, 4) is 0 Å². The van der Waals surface area contributed by atoms with Crippen molar-refractivity contribution in [1.82, 2.24) is 15.3 Å². The molecule has 1 aromatic carbocycles. The molecule has 1 aromatic heterocycles. The Labute approximate surface area is 120 Å². The quantitative estimate of drug-likeness (QED) is 0.917. The molecule has 0 saturated heterocycles. The minimum Gasteiger partial charge on any atom is -0.307 e. The fourth-order valence-electron chi connectivity index (χ4n) is 1.90. The predicted molar refractivity (Wildman–Crippen MR) is 76.3 cm³/mol. The lowest BCUT2D eigenvalue weighted by molar-refractivity contribution is 0.505. The summed E-state index contributed by atoms with van der Waals surface area (Å²) in [7, 11) is 0. The van der Waals surface area contributed by atoms with Crippen LogP contribution in [0, 0.1) is 5.82 Å². The van der Waals surface area contributed by atoms with Gasteiger partial charge >= 0.3 is 0 Å². The molecule has 0 spiro atoms. The van der Waals surface area contributed by atoms with Gasteiger partial charge in [0.15, 0.2) is 0 Å². The van der Waals surface area contributed by atoms with E-state index in [-0.39, 0.29) is 11.9 Å². The maximum Gasteiger partial charge on any atom is 0.145 e. The second-order valence-corrected chi connectivity index (χ2v) is 5.07. The summed E-state index contributed by atoms with van der Waals surface area (Å²) in [5.41, 5.74) is 0.654. The Balaban J connectivity index is 2.21. The third-order valence-corrected chi connectivity index (χ3v) is 3.28. The zero-order valence-electron chi connectivity index (χ0n) is 10.6. The molecule has 0 radical (unpaired) electrons. The number of aromatic nitrogens is 2. The van der Waals surface area contributed by atoms with Crippen LogP contribution in [0.25, 0.3) is 0 Å². The van der Waals surface area contributed by atoms with E-state index in [1.807, 2.05) is 13.0 Å². The van der Waals surface area contributed by atoms with Gasteiger partial charge in [0.2, 0.25) is 0 Å². The number of nitrogens with zero attached hydrogens (tertiary/aromatic N) is 2. The first-order valence-corrected chi connectivity index (χ1v) is 6.94. The molecule has 19 heavy (non-hydrogen) atoms. The fraction of sp³-hybridized carbons (Fsp3) is 0.286. The van der Waals surface area contributed by atoms with Crippen LogP contribution in [0.4, 0.5) is 4.39 Å². The van der Waals surface area contributed by atoms with Crippen LogP contribution in [0.15, 0.2) is 41.1 Å². The van der Waals surface area contributed by atoms with Crippen LogP contribution >= 0.6 is 15.9 Å². The topological polar surface area (TPSA) is 37.8 Å². The number of rotatable bonds is 5. The molecule has 0 bridgehead atoms. The molecule has 2 aromatic rings. The number of halogens is 2. The lowest BCUT2D eigenvalue weighted by atomic mass is 10.0. The van der Waals surface area contributed by atoms with E-state index in [0.717, 1.165) is 11.0 Å². The Bertz CT molecular complexity index is 533. The van der Waals surface area contributed by atoms with Gasteiger partial charge in [-0.15, -0.1) is 0 Å². The molecule has 1 unspecified atom stereocenters. The normalized spacial score (nSPS) is 12.4. The number of nitrogens with one attached hydrogen (secondary N) is 1. The standard InChI is InChI=1S/C14H15BrFN3/c1-2-17-13(14-18-6-3-7-19-14)8-10-4-5-11(15)9-12(10)16/h3-7,9,13,17H,2,8H2,1H3. The van der Waals surface area contributed by atoms with Crippen LogP contribution in [0.1, 0.15) is 24.4 Å². The molecular weight excluding hydrogens is 309 g/mol. The van der Waals surface area contributed by atoms with Crippen molar-refractivity contribution in [2.45, 2.75) is 19.4 Å². The predicted octanol–water partition coefficient (Wildman–Crippen LogP) is 3.27. The van der Waals surface area contributed by atoms with Crippen molar-refractivity contribution < 1.29 is 4.39 Å². The molecule has 0 fully saturated rings. The van der Waals surface area contributed by atoms with E-state index in [1.54, 1.807) is 24.5 Å². The second-order valence-electron chi connectivity index (χ2n) is 4.16. The highest BCUT2D eigenvalue weighted by Gasteiger charge is 2.15. The molecular formula is C14H15BrFN3. The molecule has 0 aliphatic rings. The highest BCUT2D eigenvalue weighted by atomic mass is 79.9. The van der Waals surface area contributed by atoms with Crippen LogP contribution in [-0.4, -0.2) is 16.5 Å². The Morgan fingerprint density at radius 2 is 2.05 bits per heavy atom. The van der Waals surface area contributed by atoms with Gasteiger partial charge in [-0.1, -0.05) is 28.9 Å². The summed E-state index contributed by atoms with van der Waals surface area (Å²) in [5, 5.41) is 3.29. The molecule has 2 rings (SSSR count). The van der Waals surface area contributed by atoms with Crippen LogP contribution in [0.2, 0.25) is 0 Å². The van der Waals surface area contributed by atoms with E-state index < -0.39 is 0 Å². The summed E-state index contributed by atoms with van der Waals surface area (Å²) in [5.74, 6) is 0.472. The zero-order chi connectivity index (χ0) is 13.7. The molecule has 3 nitrogen and oxygen atoms in total. The van der Waals surface area contributed by atoms with Gasteiger partial charge in [-0.2, -0.15) is 0 Å². The fourth-order valence-corrected chi connectivity index (χ4v) is 2.23. The van der Waals surface area contributed by atoms with Gasteiger partial charge < -0.3 is 5.32 Å². The van der Waals surface area contributed by atoms with Crippen LogP contribution in [0.3, 0.4) is 0 Å². The maximum atomic E-state index is 13.9. The largest absolute Gasteiger partial charge is 0.307 e. The number of benzene rings is 1. The van der Waals surface area contributed by atoms with E-state index >= 15 is 0 Å². The van der Waals surface area contributed by atoms with E-state index in [2.05, 4.69) is 31.2 Å². The van der Waals surface area contributed by atoms with Gasteiger partial charge in [-0.3, -0.25) is 0 Å². The van der Waals surface area contributed by atoms with Gasteiger partial charge in [-0.25, -0.2) is 14.4 Å². The number of likely N-dealkylation sites (N-methyl/N-ethyl adjacent to an activating group) is 1. The third-order valence-electron chi connectivity index (χ3n) is 2.79. The highest BCUT2D eigenvalue weighted by molar-refractivity contribution is 9.10. The minimum atomic E-state index is -0.215. The summed E-state index contributed by atoms with van der Waals surface area (Å²) in [6.07, 6.45) is 3.92. The molecule has 1 atom stereocenters. The van der Waals surface area contributed by atoms with E-state index in [4.69, 9.17) is 0 Å². The summed E-state index contributed by atoms with van der Waals surface area (Å²) < 4.78 is 14.6. The van der Waals surface area contributed by atoms with Gasteiger partial charge in [0.1, 0.15) is 11.6 Å². The van der Waals surface area contributed by atoms with E-state index in [9.17, 15) is 4.39 Å². The van der Waals surface area contributed by atoms with Crippen LogP contribution in [0.5, 0.6) is 0 Å². The summed E-state index contributed by atoms with van der Waals surface area (Å²) in [6, 6.07) is 6.79. The van der Waals surface area contributed by atoms with Crippen molar-refractivity contribution in [2.24, 2.45) is 0 Å². The van der Waals surface area contributed by atoms with Gasteiger partial charge in [0.05, 0.1) is 6.04 Å². The van der Waals surface area contributed by atoms with Crippen LogP contribution < -0.4 is 5.32 Å². The molecule has 0 saturated carbocycles. The van der Waals surface area contributed by atoms with Crippen molar-refractivity contribution in [3.63, 3.8) is 0 Å². The van der Waals surface area contributed by atoms with Gasteiger partial charge in [0.25, 0.3) is 0 Å². The Morgan fingerprint density at radius 3 is 2.68 bits per heavy atom. The van der Waals surface area contributed by atoms with Crippen molar-refractivity contribution in [1.29, 1.82) is 0 Å². The van der Waals surface area contributed by atoms with Crippen molar-refractivity contribution in [3.05, 3.63) is 58.3 Å². The van der Waals surface area contributed by atoms with Crippen molar-refractivity contribution in [2.75, 3.05) is 6.54 Å². The second kappa shape index (κ2) is 6.73. The average molecular weight is 324 g/mol. The molecule has 0 aliphatic heterocycles. The number of hydrogen-bond acceptors (Lipinski definition) is 3. The SMILES string of the molecule is CCNC(Cc1ccc(Br)cc1F)c1ncccn1. The van der Waals surface area contributed by atoms with Crippen LogP contribution in [-0.2, 0) is 6.42 Å². The molecule has 100 valence electrons. The Kier molecular flexibility index (Phi) is 4.99. The Morgan fingerprint density at radius 1 is 1.32 bits per heavy atom. The third kappa shape index (κ3) is 3.81. The maximum absolute atomic E-state index is 13.9. The molecule has 0 aliphatic carbocycles. The molecule has 5 heteroatoms. The molecule has 1 heterocycles. The lowest BCUT2D eigenvalue weighted by Gasteiger charge is -2.16. The zero-order valence-corrected chi connectivity index (χ0v) is 12.2. The van der Waals surface area contributed by atoms with E-state index in [1.165, 1.54) is 6.07 Å². The molecule has 1 N–H and O–H groups in total. The first-order valence-electron chi connectivity index (χ1n) is 6.15. The number of hydrogen-bond donors (Lipinski definition) is 1. The Hall–Kier alpha value is -1.33. The first kappa shape index (κ1) is 14.1. The minimum absolute atomic E-state index is 0.0816. The van der Waals surface area contributed by atoms with Crippen molar-refractivity contribution >= 4 is 15.9 Å². The molecule has 0 amide bonds. The summed E-state index contributed by atoms with van der Waals surface area (Å²) in [6.45, 7) is 2.79. The summed E-state index contributed by atoms with van der Waals surface area (Å²) in [4.78, 5) is 8.47. The first-order chi connectivity index (χ1) is 9.20. The lowest BCUT2D eigenvalue weighted by Crippen LogP contribution is -2.25.